The van der Waals surface area contributed by atoms with Crippen LogP contribution < -0.4 is 0 Å². The minimum atomic E-state index is -0.639. The Balaban J connectivity index is 0.000000247. The third-order valence-corrected chi connectivity index (χ3v) is 2.76. The van der Waals surface area contributed by atoms with Crippen molar-refractivity contribution in [1.82, 2.24) is 0 Å². The Bertz CT molecular complexity index is 217. The molecule has 0 heterocycles. The predicted molar refractivity (Wildman–Crippen MR) is 84.4 cm³/mol. The molecule has 0 saturated carbocycles. The average molecular weight is 289 g/mol. The molecule has 0 aromatic carbocycles. The summed E-state index contributed by atoms with van der Waals surface area (Å²) >= 11 is 9.81. The lowest BCUT2D eigenvalue weighted by atomic mass is 10.1. The molecule has 0 saturated heterocycles. The molecule has 0 aromatic heterocycles. The van der Waals surface area contributed by atoms with E-state index in [4.69, 9.17) is 22.2 Å². The van der Waals surface area contributed by atoms with Gasteiger partial charge in [0.05, 0.1) is 0 Å². The highest BCUT2D eigenvalue weighted by molar-refractivity contribution is 7.22. The first-order valence-electron chi connectivity index (χ1n) is 5.95. The van der Waals surface area contributed by atoms with Crippen LogP contribution in [0.3, 0.4) is 0 Å². The molecule has 0 aromatic rings. The van der Waals surface area contributed by atoms with Crippen molar-refractivity contribution in [3.05, 3.63) is 49.6 Å². The molecule has 96 valence electrons. The zero-order valence-electron chi connectivity index (χ0n) is 10.3. The van der Waals surface area contributed by atoms with E-state index >= 15 is 0 Å². The van der Waals surface area contributed by atoms with Gasteiger partial charge in [0.2, 0.25) is 8.14 Å². The van der Waals surface area contributed by atoms with E-state index in [0.717, 1.165) is 11.8 Å². The van der Waals surface area contributed by atoms with Crippen molar-refractivity contribution in [3.8, 4) is 0 Å². The first-order valence-corrected chi connectivity index (χ1v) is 10.2. The quantitative estimate of drug-likeness (QED) is 0.391. The number of hydrogen-bond donors (Lipinski definition) is 0. The highest BCUT2D eigenvalue weighted by Gasteiger charge is 2.03. The molecule has 0 unspecified atom stereocenters. The van der Waals surface area contributed by atoms with Gasteiger partial charge in [-0.3, -0.25) is 0 Å². The zero-order valence-corrected chi connectivity index (χ0v) is 13.3. The number of allylic oxidation sites excluding steroid dienone is 6. The lowest BCUT2D eigenvalue weighted by Crippen LogP contribution is -1.83. The van der Waals surface area contributed by atoms with E-state index < -0.39 is 8.14 Å². The molecule has 0 nitrogen and oxygen atoms in total. The molecular formula is C14H22Cl2Si. The molecule has 2 rings (SSSR count). The fraction of sp³-hybridized carbons (Fsp3) is 0.429. The molecule has 0 atom stereocenters. The van der Waals surface area contributed by atoms with Gasteiger partial charge in [0.1, 0.15) is 0 Å². The van der Waals surface area contributed by atoms with Crippen LogP contribution in [0.15, 0.2) is 49.6 Å². The van der Waals surface area contributed by atoms with Gasteiger partial charge in [0.15, 0.2) is 0 Å². The predicted octanol–water partition coefficient (Wildman–Crippen LogP) is 4.74. The van der Waals surface area contributed by atoms with E-state index in [1.165, 1.54) is 25.7 Å². The van der Waals surface area contributed by atoms with Crippen molar-refractivity contribution in [3.63, 3.8) is 0 Å². The van der Waals surface area contributed by atoms with Gasteiger partial charge >= 0.3 is 0 Å². The highest BCUT2D eigenvalue weighted by Crippen LogP contribution is 2.17. The molecule has 0 radical (unpaired) electrons. The van der Waals surface area contributed by atoms with Crippen LogP contribution in [-0.2, 0) is 0 Å². The summed E-state index contributed by atoms with van der Waals surface area (Å²) in [5.41, 5.74) is 0. The summed E-state index contributed by atoms with van der Waals surface area (Å²) < 4.78 is 0. The van der Waals surface area contributed by atoms with Gasteiger partial charge in [-0.25, -0.2) is 0 Å². The molecule has 2 aliphatic carbocycles. The Labute approximate surface area is 117 Å². The monoisotopic (exact) mass is 288 g/mol. The Morgan fingerprint density at radius 2 is 1.06 bits per heavy atom. The van der Waals surface area contributed by atoms with Gasteiger partial charge in [-0.15, -0.1) is 13.2 Å². The maximum atomic E-state index is 4.90. The molecule has 0 spiro atoms. The Hall–Kier alpha value is -0.243. The molecule has 17 heavy (non-hydrogen) atoms. The smallest absolute Gasteiger partial charge is 0.155 e. The second kappa shape index (κ2) is 12.2. The molecule has 2 aliphatic rings. The van der Waals surface area contributed by atoms with Crippen molar-refractivity contribution in [2.45, 2.75) is 25.7 Å². The fourth-order valence-electron chi connectivity index (χ4n) is 1.66. The molecule has 0 bridgehead atoms. The minimum absolute atomic E-state index is 0.639. The van der Waals surface area contributed by atoms with Gasteiger partial charge in [-0.1, -0.05) is 36.5 Å². The van der Waals surface area contributed by atoms with Crippen molar-refractivity contribution in [1.29, 1.82) is 0 Å². The van der Waals surface area contributed by atoms with E-state index in [1.807, 2.05) is 12.2 Å². The van der Waals surface area contributed by atoms with Crippen LogP contribution >= 0.6 is 22.2 Å². The minimum Gasteiger partial charge on any atom is -0.155 e. The van der Waals surface area contributed by atoms with Crippen LogP contribution in [0.2, 0.25) is 0 Å². The van der Waals surface area contributed by atoms with Crippen molar-refractivity contribution >= 4 is 30.3 Å². The first-order chi connectivity index (χ1) is 8.28. The van der Waals surface area contributed by atoms with Crippen molar-refractivity contribution in [2.24, 2.45) is 11.8 Å². The molecule has 0 aliphatic heterocycles. The van der Waals surface area contributed by atoms with E-state index in [2.05, 4.69) is 37.5 Å². The standard InChI is InChI=1S/2C7H10.Cl2H2Si/c2*1-2-7-5-3-4-6-7;1-3-2/h2*2-4,7H,1,5-6H2;3H2. The van der Waals surface area contributed by atoms with E-state index in [9.17, 15) is 0 Å². The zero-order chi connectivity index (χ0) is 12.9. The van der Waals surface area contributed by atoms with Crippen LogP contribution in [0.25, 0.3) is 0 Å². The summed E-state index contributed by atoms with van der Waals surface area (Å²) in [6.07, 6.45) is 17.8. The second-order valence-corrected chi connectivity index (χ2v) is 6.60. The summed E-state index contributed by atoms with van der Waals surface area (Å²) in [7, 11) is -0.639. The Morgan fingerprint density at radius 1 is 0.824 bits per heavy atom. The molecular weight excluding hydrogens is 267 g/mol. The topological polar surface area (TPSA) is 0 Å². The van der Waals surface area contributed by atoms with Gasteiger partial charge in [-0.2, -0.15) is 22.2 Å². The van der Waals surface area contributed by atoms with Gasteiger partial charge in [0.25, 0.3) is 0 Å². The molecule has 3 heteroatoms. The SMILES string of the molecule is C=CC1CC=CC1.C=CC1CC=CC1.Cl[SiH2]Cl. The van der Waals surface area contributed by atoms with Gasteiger partial charge in [-0.05, 0) is 37.5 Å². The third kappa shape index (κ3) is 9.46. The molecule has 0 N–H and O–H groups in total. The Morgan fingerprint density at radius 3 is 1.18 bits per heavy atom. The first kappa shape index (κ1) is 16.8. The molecule has 0 amide bonds. The summed E-state index contributed by atoms with van der Waals surface area (Å²) in [4.78, 5) is 0. The van der Waals surface area contributed by atoms with Crippen LogP contribution in [-0.4, -0.2) is 8.14 Å². The number of halogens is 2. The lowest BCUT2D eigenvalue weighted by molar-refractivity contribution is 0.718. The van der Waals surface area contributed by atoms with Gasteiger partial charge < -0.3 is 0 Å². The third-order valence-electron chi connectivity index (χ3n) is 2.76. The summed E-state index contributed by atoms with van der Waals surface area (Å²) in [5, 5.41) is 0. The largest absolute Gasteiger partial charge is 0.222 e. The number of hydrogen-bond acceptors (Lipinski definition) is 0. The maximum Gasteiger partial charge on any atom is 0.222 e. The van der Waals surface area contributed by atoms with E-state index in [-0.39, 0.29) is 0 Å². The Kier molecular flexibility index (Phi) is 12.0. The van der Waals surface area contributed by atoms with E-state index in [0.29, 0.717) is 0 Å². The van der Waals surface area contributed by atoms with E-state index in [1.54, 1.807) is 0 Å². The van der Waals surface area contributed by atoms with Crippen LogP contribution in [0.4, 0.5) is 0 Å². The highest BCUT2D eigenvalue weighted by atomic mass is 35.7. The normalized spacial score (nSPS) is 18.0. The lowest BCUT2D eigenvalue weighted by Gasteiger charge is -1.95. The second-order valence-electron chi connectivity index (χ2n) is 3.98. The summed E-state index contributed by atoms with van der Waals surface area (Å²) in [5.74, 6) is 1.50. The maximum absolute atomic E-state index is 4.90. The van der Waals surface area contributed by atoms with Gasteiger partial charge in [0, 0.05) is 0 Å². The molecule has 0 fully saturated rings. The number of rotatable bonds is 2. The van der Waals surface area contributed by atoms with Crippen molar-refractivity contribution in [2.75, 3.05) is 0 Å². The van der Waals surface area contributed by atoms with Crippen LogP contribution in [0, 0.1) is 11.8 Å². The van der Waals surface area contributed by atoms with Crippen LogP contribution in [0.1, 0.15) is 25.7 Å². The van der Waals surface area contributed by atoms with Crippen LogP contribution in [0.5, 0.6) is 0 Å². The van der Waals surface area contributed by atoms with Crippen molar-refractivity contribution < 1.29 is 0 Å². The summed E-state index contributed by atoms with van der Waals surface area (Å²) in [6, 6.07) is 0. The fourth-order valence-corrected chi connectivity index (χ4v) is 1.66. The summed E-state index contributed by atoms with van der Waals surface area (Å²) in [6.45, 7) is 7.41. The average Bonchev–Trinajstić information content (AvgIpc) is 3.04.